The molecule has 94 valence electrons. The molecule has 0 saturated carbocycles. The van der Waals surface area contributed by atoms with E-state index in [-0.39, 0.29) is 16.4 Å². The maximum Gasteiger partial charge on any atom is 0.285 e. The fourth-order valence-corrected chi connectivity index (χ4v) is 2.10. The summed E-state index contributed by atoms with van der Waals surface area (Å²) in [7, 11) is -4.00. The third-order valence-corrected chi connectivity index (χ3v) is 3.27. The summed E-state index contributed by atoms with van der Waals surface area (Å²) in [5.41, 5.74) is 5.60. The molecule has 0 aliphatic heterocycles. The van der Waals surface area contributed by atoms with Gasteiger partial charge < -0.3 is 5.73 Å². The molecule has 2 rings (SSSR count). The second kappa shape index (κ2) is 4.18. The normalized spacial score (nSPS) is 11.4. The molecule has 0 radical (unpaired) electrons. The molecule has 2 N–H and O–H groups in total. The number of hydrogen-bond donors (Lipinski definition) is 1. The topological polar surface area (TPSA) is 103 Å². The Morgan fingerprint density at radius 1 is 1.44 bits per heavy atom. The van der Waals surface area contributed by atoms with Crippen molar-refractivity contribution in [2.24, 2.45) is 4.40 Å². The standard InChI is InChI=1S/C9H8FN5O2S/c1-12-18(16,17)8-2-7(11)4-13-9(8)15-5-6(10)3-14-15/h2-5H,1,11H2. The fraction of sp³-hybridized carbons (Fsp3) is 0. The third-order valence-electron chi connectivity index (χ3n) is 2.07. The van der Waals surface area contributed by atoms with Crippen LogP contribution in [0.1, 0.15) is 0 Å². The molecule has 0 bridgehead atoms. The van der Waals surface area contributed by atoms with Crippen LogP contribution in [0.15, 0.2) is 34.0 Å². The van der Waals surface area contributed by atoms with Crippen LogP contribution in [0.2, 0.25) is 0 Å². The number of hydrogen-bond acceptors (Lipinski definition) is 5. The zero-order valence-corrected chi connectivity index (χ0v) is 9.80. The van der Waals surface area contributed by atoms with Crippen LogP contribution in [-0.2, 0) is 10.0 Å². The van der Waals surface area contributed by atoms with Crippen LogP contribution in [0.25, 0.3) is 5.82 Å². The summed E-state index contributed by atoms with van der Waals surface area (Å²) >= 11 is 0. The first-order chi connectivity index (χ1) is 8.44. The molecule has 0 atom stereocenters. The van der Waals surface area contributed by atoms with Crippen molar-refractivity contribution in [1.82, 2.24) is 14.8 Å². The van der Waals surface area contributed by atoms with Crippen LogP contribution in [0, 0.1) is 5.82 Å². The van der Waals surface area contributed by atoms with E-state index in [0.717, 1.165) is 23.1 Å². The maximum atomic E-state index is 12.9. The van der Waals surface area contributed by atoms with Gasteiger partial charge >= 0.3 is 0 Å². The second-order valence-electron chi connectivity index (χ2n) is 3.30. The number of halogens is 1. The summed E-state index contributed by atoms with van der Waals surface area (Å²) in [6, 6.07) is 1.16. The van der Waals surface area contributed by atoms with Crippen molar-refractivity contribution in [3.05, 3.63) is 30.5 Å². The van der Waals surface area contributed by atoms with Crippen LogP contribution in [0.4, 0.5) is 10.1 Å². The monoisotopic (exact) mass is 269 g/mol. The van der Waals surface area contributed by atoms with Crippen molar-refractivity contribution in [3.8, 4) is 5.82 Å². The third kappa shape index (κ3) is 2.07. The van der Waals surface area contributed by atoms with Gasteiger partial charge in [-0.3, -0.25) is 0 Å². The van der Waals surface area contributed by atoms with Gasteiger partial charge in [-0.2, -0.15) is 17.9 Å². The van der Waals surface area contributed by atoms with Crippen molar-refractivity contribution in [2.75, 3.05) is 5.73 Å². The van der Waals surface area contributed by atoms with E-state index in [9.17, 15) is 12.8 Å². The maximum absolute atomic E-state index is 12.9. The molecule has 9 heteroatoms. The van der Waals surface area contributed by atoms with Crippen molar-refractivity contribution in [2.45, 2.75) is 4.90 Å². The Morgan fingerprint density at radius 2 is 2.17 bits per heavy atom. The predicted molar refractivity (Wildman–Crippen MR) is 62.5 cm³/mol. The molecule has 2 heterocycles. The molecule has 0 fully saturated rings. The Bertz CT molecular complexity index is 709. The van der Waals surface area contributed by atoms with E-state index in [1.807, 2.05) is 0 Å². The Hall–Kier alpha value is -2.29. The summed E-state index contributed by atoms with van der Waals surface area (Å²) in [6.07, 6.45) is 3.15. The Balaban J connectivity index is 2.72. The SMILES string of the molecule is C=NS(=O)(=O)c1cc(N)cnc1-n1cc(F)cn1. The first-order valence-corrected chi connectivity index (χ1v) is 6.07. The molecule has 2 aromatic heterocycles. The lowest BCUT2D eigenvalue weighted by molar-refractivity contribution is 0.596. The largest absolute Gasteiger partial charge is 0.397 e. The average Bonchev–Trinajstić information content (AvgIpc) is 2.75. The zero-order chi connectivity index (χ0) is 13.3. The number of anilines is 1. The van der Waals surface area contributed by atoms with E-state index < -0.39 is 15.8 Å². The summed E-state index contributed by atoms with van der Waals surface area (Å²) in [5, 5.41) is 3.64. The minimum absolute atomic E-state index is 0.0968. The van der Waals surface area contributed by atoms with Crippen molar-refractivity contribution >= 4 is 22.4 Å². The highest BCUT2D eigenvalue weighted by Crippen LogP contribution is 2.21. The molecule has 0 spiro atoms. The fourth-order valence-electron chi connectivity index (χ4n) is 1.30. The van der Waals surface area contributed by atoms with Crippen molar-refractivity contribution in [3.63, 3.8) is 0 Å². The number of pyridine rings is 1. The number of aromatic nitrogens is 3. The van der Waals surface area contributed by atoms with E-state index in [2.05, 4.69) is 21.2 Å². The van der Waals surface area contributed by atoms with Crippen LogP contribution in [0.5, 0.6) is 0 Å². The molecule has 0 aromatic carbocycles. The molecule has 7 nitrogen and oxygen atoms in total. The molecule has 0 amide bonds. The Morgan fingerprint density at radius 3 is 2.72 bits per heavy atom. The number of nitrogen functional groups attached to an aromatic ring is 1. The van der Waals surface area contributed by atoms with Crippen molar-refractivity contribution in [1.29, 1.82) is 0 Å². The number of nitrogens with two attached hydrogens (primary N) is 1. The summed E-state index contributed by atoms with van der Waals surface area (Å²) < 4.78 is 40.3. The van der Waals surface area contributed by atoms with E-state index in [1.165, 1.54) is 6.20 Å². The molecule has 0 aliphatic rings. The summed E-state index contributed by atoms with van der Waals surface area (Å²) in [6.45, 7) is 2.97. The van der Waals surface area contributed by atoms with Crippen LogP contribution in [0.3, 0.4) is 0 Å². The highest BCUT2D eigenvalue weighted by molar-refractivity contribution is 7.90. The first kappa shape index (κ1) is 12.2. The highest BCUT2D eigenvalue weighted by atomic mass is 32.2. The molecular weight excluding hydrogens is 261 g/mol. The quantitative estimate of drug-likeness (QED) is 0.811. The van der Waals surface area contributed by atoms with Gasteiger partial charge in [-0.05, 0) is 6.07 Å². The van der Waals surface area contributed by atoms with Gasteiger partial charge in [0.15, 0.2) is 11.6 Å². The van der Waals surface area contributed by atoms with Crippen LogP contribution in [-0.4, -0.2) is 29.9 Å². The number of rotatable bonds is 3. The van der Waals surface area contributed by atoms with Gasteiger partial charge in [-0.15, -0.1) is 0 Å². The number of nitrogens with zero attached hydrogens (tertiary/aromatic N) is 4. The van der Waals surface area contributed by atoms with Crippen molar-refractivity contribution < 1.29 is 12.8 Å². The van der Waals surface area contributed by atoms with E-state index in [0.29, 0.717) is 0 Å². The van der Waals surface area contributed by atoms with E-state index >= 15 is 0 Å². The van der Waals surface area contributed by atoms with Gasteiger partial charge in [0, 0.05) is 6.72 Å². The van der Waals surface area contributed by atoms with Gasteiger partial charge in [0.2, 0.25) is 0 Å². The second-order valence-corrected chi connectivity index (χ2v) is 4.95. The molecule has 0 unspecified atom stereocenters. The lowest BCUT2D eigenvalue weighted by Crippen LogP contribution is -2.08. The molecule has 2 aromatic rings. The summed E-state index contributed by atoms with van der Waals surface area (Å²) in [4.78, 5) is 3.53. The Kier molecular flexibility index (Phi) is 2.83. The van der Waals surface area contributed by atoms with Gasteiger partial charge in [-0.1, -0.05) is 0 Å². The van der Waals surface area contributed by atoms with Gasteiger partial charge in [0.05, 0.1) is 24.3 Å². The van der Waals surface area contributed by atoms with E-state index in [1.54, 1.807) is 0 Å². The smallest absolute Gasteiger partial charge is 0.285 e. The van der Waals surface area contributed by atoms with Gasteiger partial charge in [-0.25, -0.2) is 14.1 Å². The molecule has 0 aliphatic carbocycles. The van der Waals surface area contributed by atoms with Crippen LogP contribution < -0.4 is 5.73 Å². The lowest BCUT2D eigenvalue weighted by Gasteiger charge is -2.06. The first-order valence-electron chi connectivity index (χ1n) is 4.63. The molecule has 18 heavy (non-hydrogen) atoms. The Labute approximate surface area is 102 Å². The van der Waals surface area contributed by atoms with Crippen LogP contribution >= 0.6 is 0 Å². The molecule has 0 saturated heterocycles. The summed E-state index contributed by atoms with van der Waals surface area (Å²) in [5.74, 6) is -0.718. The minimum atomic E-state index is -4.00. The van der Waals surface area contributed by atoms with Gasteiger partial charge in [0.25, 0.3) is 10.0 Å². The highest BCUT2D eigenvalue weighted by Gasteiger charge is 2.20. The minimum Gasteiger partial charge on any atom is -0.397 e. The van der Waals surface area contributed by atoms with Gasteiger partial charge in [0.1, 0.15) is 4.90 Å². The average molecular weight is 269 g/mol. The van der Waals surface area contributed by atoms with E-state index in [4.69, 9.17) is 5.73 Å². The number of sulfonamides is 1. The zero-order valence-electron chi connectivity index (χ0n) is 8.99. The predicted octanol–water partition coefficient (Wildman–Crippen LogP) is 0.378. The molecular formula is C9H8FN5O2S. The lowest BCUT2D eigenvalue weighted by atomic mass is 10.4.